The molecule has 2 fully saturated rings. The normalized spacial score (nSPS) is 17.5. The number of hydrogen-bond acceptors (Lipinski definition) is 7. The molecule has 4 aromatic carbocycles. The maximum Gasteiger partial charge on any atom is 0.247 e. The van der Waals surface area contributed by atoms with E-state index in [0.29, 0.717) is 67.0 Å². The Labute approximate surface area is 366 Å². The third-order valence-electron chi connectivity index (χ3n) is 12.2. The van der Waals surface area contributed by atoms with Gasteiger partial charge in [-0.1, -0.05) is 88.4 Å². The van der Waals surface area contributed by atoms with Crippen LogP contribution in [0.1, 0.15) is 89.4 Å². The first-order valence-electron chi connectivity index (χ1n) is 22.4. The lowest BCUT2D eigenvalue weighted by molar-refractivity contribution is -0.141. The van der Waals surface area contributed by atoms with E-state index in [-0.39, 0.29) is 23.6 Å². The second-order valence-electron chi connectivity index (χ2n) is 17.8. The summed E-state index contributed by atoms with van der Waals surface area (Å²) in [6, 6.07) is 32.4. The molecule has 0 aliphatic carbocycles. The summed E-state index contributed by atoms with van der Waals surface area (Å²) in [4.78, 5) is 61.4. The minimum atomic E-state index is -0.570. The van der Waals surface area contributed by atoms with Crippen molar-refractivity contribution in [3.8, 4) is 11.3 Å². The van der Waals surface area contributed by atoms with Crippen LogP contribution in [0.15, 0.2) is 114 Å². The molecule has 0 spiro atoms. The predicted molar refractivity (Wildman–Crippen MR) is 246 cm³/mol. The van der Waals surface area contributed by atoms with Crippen molar-refractivity contribution in [2.45, 2.75) is 90.4 Å². The molecule has 7 rings (SSSR count). The van der Waals surface area contributed by atoms with Gasteiger partial charge in [0, 0.05) is 35.4 Å². The Hall–Kier alpha value is -5.78. The first-order valence-corrected chi connectivity index (χ1v) is 22.4. The van der Waals surface area contributed by atoms with Crippen molar-refractivity contribution >= 4 is 46.0 Å². The third-order valence-corrected chi connectivity index (χ3v) is 12.2. The Morgan fingerprint density at radius 1 is 0.677 bits per heavy atom. The topological polar surface area (TPSA) is 127 Å². The number of carbonyl (C=O) groups is 4. The zero-order valence-electron chi connectivity index (χ0n) is 36.8. The quantitative estimate of drug-likeness (QED) is 0.0853. The highest BCUT2D eigenvalue weighted by atomic mass is 16.3. The number of nitrogens with one attached hydrogen (secondary N) is 3. The van der Waals surface area contributed by atoms with Crippen molar-refractivity contribution < 1.29 is 23.6 Å². The van der Waals surface area contributed by atoms with E-state index in [1.165, 1.54) is 0 Å². The predicted octanol–water partition coefficient (Wildman–Crippen LogP) is 9.06. The standard InChI is InChI=1S/C51H62N6O5/c1-34(2)26-28-52-46(37-14-8-6-9-15-37)50(60)56-29-12-18-42(56)49(59)54-41-24-25-44-39(32-41)33-45(62-44)36-20-22-40(23-21-36)53-48(58)43-19-13-30-57(43)51(61)47(38-16-10-7-11-17-38)55(5)31-27-35(3)4/h6-11,14-17,20-25,32-35,42-43,46-47,52H,12-13,18-19,26-31H2,1-5H3,(H,53,58)(H,54,59)/t42-,43-,46+,47+/m0/s1. The minimum absolute atomic E-state index is 0.0453. The molecule has 11 heteroatoms. The summed E-state index contributed by atoms with van der Waals surface area (Å²) in [6.07, 6.45) is 4.64. The van der Waals surface area contributed by atoms with Crippen LogP contribution in [0, 0.1) is 11.8 Å². The van der Waals surface area contributed by atoms with E-state index < -0.39 is 24.2 Å². The molecule has 0 bridgehead atoms. The molecule has 0 radical (unpaired) electrons. The van der Waals surface area contributed by atoms with Crippen molar-refractivity contribution in [2.24, 2.45) is 11.8 Å². The molecular formula is C51H62N6O5. The number of furan rings is 1. The number of anilines is 2. The van der Waals surface area contributed by atoms with E-state index >= 15 is 0 Å². The van der Waals surface area contributed by atoms with Crippen molar-refractivity contribution in [1.82, 2.24) is 20.0 Å². The molecule has 5 aromatic rings. The van der Waals surface area contributed by atoms with Gasteiger partial charge in [0.25, 0.3) is 0 Å². The second-order valence-corrected chi connectivity index (χ2v) is 17.8. The van der Waals surface area contributed by atoms with Gasteiger partial charge in [-0.3, -0.25) is 24.1 Å². The monoisotopic (exact) mass is 838 g/mol. The molecule has 4 atom stereocenters. The van der Waals surface area contributed by atoms with Crippen LogP contribution in [0.2, 0.25) is 0 Å². The van der Waals surface area contributed by atoms with Gasteiger partial charge in [-0.15, -0.1) is 0 Å². The lowest BCUT2D eigenvalue weighted by Gasteiger charge is -2.33. The maximum atomic E-state index is 14.2. The highest BCUT2D eigenvalue weighted by molar-refractivity contribution is 6.00. The summed E-state index contributed by atoms with van der Waals surface area (Å²) in [7, 11) is 1.99. The van der Waals surface area contributed by atoms with E-state index in [1.807, 2.05) is 116 Å². The van der Waals surface area contributed by atoms with Gasteiger partial charge in [0.2, 0.25) is 23.6 Å². The maximum absolute atomic E-state index is 14.2. The van der Waals surface area contributed by atoms with E-state index in [0.717, 1.165) is 54.3 Å². The zero-order valence-corrected chi connectivity index (χ0v) is 36.8. The fraction of sp³-hybridized carbons (Fsp3) is 0.412. The number of amides is 4. The summed E-state index contributed by atoms with van der Waals surface area (Å²) in [6.45, 7) is 11.2. The van der Waals surface area contributed by atoms with Crippen molar-refractivity contribution in [3.63, 3.8) is 0 Å². The van der Waals surface area contributed by atoms with Crippen molar-refractivity contribution in [2.75, 3.05) is 43.9 Å². The summed E-state index contributed by atoms with van der Waals surface area (Å²) >= 11 is 0. The Kier molecular flexibility index (Phi) is 14.6. The lowest BCUT2D eigenvalue weighted by atomic mass is 10.0. The SMILES string of the molecule is CC(C)CCN[C@@H](C(=O)N1CCC[C@H]1C(=O)Nc1ccc2oc(-c3ccc(NC(=O)[C@@H]4CCCN4C(=O)[C@@H](c4ccccc4)N(C)CCC(C)C)cc3)cc2c1)c1ccccc1. The second kappa shape index (κ2) is 20.4. The molecular weight excluding hydrogens is 777 g/mol. The highest BCUT2D eigenvalue weighted by Gasteiger charge is 2.40. The summed E-state index contributed by atoms with van der Waals surface area (Å²) < 4.78 is 6.22. The molecule has 11 nitrogen and oxygen atoms in total. The van der Waals surface area contributed by atoms with Crippen LogP contribution in [0.4, 0.5) is 11.4 Å². The molecule has 0 unspecified atom stereocenters. The van der Waals surface area contributed by atoms with Gasteiger partial charge in [-0.2, -0.15) is 0 Å². The molecule has 326 valence electrons. The fourth-order valence-electron chi connectivity index (χ4n) is 8.68. The first kappa shape index (κ1) is 44.3. The van der Waals surface area contributed by atoms with Gasteiger partial charge in [0.15, 0.2) is 0 Å². The number of rotatable bonds is 17. The van der Waals surface area contributed by atoms with Crippen LogP contribution < -0.4 is 16.0 Å². The molecule has 62 heavy (non-hydrogen) atoms. The number of benzene rings is 4. The number of likely N-dealkylation sites (tertiary alicyclic amines) is 2. The van der Waals surface area contributed by atoms with E-state index in [9.17, 15) is 19.2 Å². The Bertz CT molecular complexity index is 2290. The van der Waals surface area contributed by atoms with Crippen LogP contribution in [0.5, 0.6) is 0 Å². The van der Waals surface area contributed by atoms with Crippen molar-refractivity contribution in [1.29, 1.82) is 0 Å². The molecule has 2 aliphatic heterocycles. The van der Waals surface area contributed by atoms with Gasteiger partial charge in [0.05, 0.1) is 0 Å². The van der Waals surface area contributed by atoms with E-state index in [1.54, 1.807) is 9.80 Å². The van der Waals surface area contributed by atoms with Crippen LogP contribution in [-0.2, 0) is 19.2 Å². The summed E-state index contributed by atoms with van der Waals surface area (Å²) in [5, 5.41) is 10.4. The van der Waals surface area contributed by atoms with Gasteiger partial charge in [0.1, 0.15) is 35.5 Å². The molecule has 3 heterocycles. The number of hydrogen-bond donors (Lipinski definition) is 3. The largest absolute Gasteiger partial charge is 0.456 e. The number of fused-ring (bicyclic) bond motifs is 1. The first-order chi connectivity index (χ1) is 30.0. The van der Waals surface area contributed by atoms with E-state index in [4.69, 9.17) is 4.42 Å². The van der Waals surface area contributed by atoms with Crippen LogP contribution in [0.3, 0.4) is 0 Å². The lowest BCUT2D eigenvalue weighted by Crippen LogP contribution is -2.48. The molecule has 1 aromatic heterocycles. The van der Waals surface area contributed by atoms with Crippen LogP contribution >= 0.6 is 0 Å². The van der Waals surface area contributed by atoms with Gasteiger partial charge in [-0.05, 0) is 130 Å². The minimum Gasteiger partial charge on any atom is -0.456 e. The summed E-state index contributed by atoms with van der Waals surface area (Å²) in [5.41, 5.74) is 4.57. The molecule has 4 amide bonds. The average Bonchev–Trinajstić information content (AvgIpc) is 4.06. The Morgan fingerprint density at radius 3 is 1.85 bits per heavy atom. The zero-order chi connectivity index (χ0) is 43.8. The van der Waals surface area contributed by atoms with E-state index in [2.05, 4.69) is 48.5 Å². The number of nitrogens with zero attached hydrogens (tertiary/aromatic N) is 3. The van der Waals surface area contributed by atoms with Crippen LogP contribution in [0.25, 0.3) is 22.3 Å². The molecule has 2 saturated heterocycles. The number of likely N-dealkylation sites (N-methyl/N-ethyl adjacent to an activating group) is 1. The Balaban J connectivity index is 0.983. The highest BCUT2D eigenvalue weighted by Crippen LogP contribution is 2.33. The molecule has 3 N–H and O–H groups in total. The fourth-order valence-corrected chi connectivity index (χ4v) is 8.68. The third kappa shape index (κ3) is 10.6. The van der Waals surface area contributed by atoms with Gasteiger partial charge < -0.3 is 30.2 Å². The van der Waals surface area contributed by atoms with Crippen LogP contribution in [-0.4, -0.2) is 83.6 Å². The van der Waals surface area contributed by atoms with Gasteiger partial charge in [-0.25, -0.2) is 0 Å². The van der Waals surface area contributed by atoms with Crippen molar-refractivity contribution in [3.05, 3.63) is 120 Å². The molecule has 0 saturated carbocycles. The average molecular weight is 839 g/mol. The smallest absolute Gasteiger partial charge is 0.247 e. The summed E-state index contributed by atoms with van der Waals surface area (Å²) in [5.74, 6) is 1.13. The number of carbonyl (C=O) groups excluding carboxylic acids is 4. The van der Waals surface area contributed by atoms with Gasteiger partial charge >= 0.3 is 0 Å². The Morgan fingerprint density at radius 2 is 1.24 bits per heavy atom. The molecule has 2 aliphatic rings.